The lowest BCUT2D eigenvalue weighted by Crippen LogP contribution is -2.58. The molecule has 44 heavy (non-hydrogen) atoms. The van der Waals surface area contributed by atoms with E-state index in [1.54, 1.807) is 4.90 Å². The quantitative estimate of drug-likeness (QED) is 0.181. The van der Waals surface area contributed by atoms with Crippen molar-refractivity contribution in [2.45, 2.75) is 70.1 Å². The third-order valence-electron chi connectivity index (χ3n) is 9.01. The molecule has 3 aliphatic rings. The third kappa shape index (κ3) is 6.05. The van der Waals surface area contributed by atoms with Gasteiger partial charge in [0.25, 0.3) is 0 Å². The molecule has 3 aliphatic heterocycles. The van der Waals surface area contributed by atoms with E-state index in [0.29, 0.717) is 38.8 Å². The molecule has 232 valence electrons. The first-order valence-corrected chi connectivity index (χ1v) is 15.4. The van der Waals surface area contributed by atoms with Crippen LogP contribution in [0.5, 0.6) is 0 Å². The average Bonchev–Trinajstić information content (AvgIpc) is 3.76. The number of fused-ring (bicyclic) bond motifs is 1. The number of H-pyrrole nitrogens is 1. The van der Waals surface area contributed by atoms with Crippen molar-refractivity contribution in [2.75, 3.05) is 18.0 Å². The van der Waals surface area contributed by atoms with Crippen molar-refractivity contribution in [3.8, 4) is 0 Å². The largest absolute Gasteiger partial charge is 0.358 e. The number of nitrogens with zero attached hydrogens (tertiary/aromatic N) is 1. The number of rotatable bonds is 10. The van der Waals surface area contributed by atoms with Gasteiger partial charge in [0, 0.05) is 30.7 Å². The van der Waals surface area contributed by atoms with Crippen LogP contribution < -0.4 is 37.2 Å². The Morgan fingerprint density at radius 2 is 1.91 bits per heavy atom. The number of carbonyl (C=O) groups excluding carboxylic acids is 4. The van der Waals surface area contributed by atoms with E-state index in [4.69, 9.17) is 0 Å². The Labute approximate surface area is 256 Å². The third-order valence-corrected chi connectivity index (χ3v) is 9.01. The van der Waals surface area contributed by atoms with Crippen molar-refractivity contribution in [2.24, 2.45) is 5.92 Å². The number of anilines is 1. The number of hydrogen-bond donors (Lipinski definition) is 7. The second kappa shape index (κ2) is 12.8. The lowest BCUT2D eigenvalue weighted by atomic mass is 9.97. The Morgan fingerprint density at radius 3 is 2.68 bits per heavy atom. The second-order valence-electron chi connectivity index (χ2n) is 12.0. The fourth-order valence-corrected chi connectivity index (χ4v) is 6.41. The van der Waals surface area contributed by atoms with Crippen LogP contribution in [0.15, 0.2) is 48.5 Å². The Kier molecular flexibility index (Phi) is 8.65. The zero-order valence-electron chi connectivity index (χ0n) is 25.0. The summed E-state index contributed by atoms with van der Waals surface area (Å²) in [5.41, 5.74) is 13.2. The Hall–Kier alpha value is -4.26. The van der Waals surface area contributed by atoms with Crippen molar-refractivity contribution < 1.29 is 19.2 Å². The molecule has 4 heterocycles. The topological polar surface area (TPSA) is 159 Å². The van der Waals surface area contributed by atoms with Gasteiger partial charge in [0.2, 0.25) is 23.6 Å². The summed E-state index contributed by atoms with van der Waals surface area (Å²) in [6.07, 6.45) is 2.14. The van der Waals surface area contributed by atoms with Crippen LogP contribution in [-0.4, -0.2) is 65.9 Å². The number of aromatic nitrogens is 1. The smallest absolute Gasteiger partial charge is 0.250 e. The van der Waals surface area contributed by atoms with Crippen LogP contribution in [0.4, 0.5) is 5.69 Å². The number of nitrogens with one attached hydrogen (secondary N) is 7. The first-order chi connectivity index (χ1) is 21.3. The predicted molar refractivity (Wildman–Crippen MR) is 166 cm³/mol. The molecule has 1 saturated heterocycles. The molecule has 5 atom stereocenters. The lowest BCUT2D eigenvalue weighted by Gasteiger charge is -2.30. The normalized spacial score (nSPS) is 22.3. The zero-order chi connectivity index (χ0) is 30.8. The SMILES string of the molecule is CC[C@H](C)[C@H](NC(=O)Cc1cc2ccccc2[nH]1)C(=O)N[C@H]1CCc2cccc3c2N(C1=O)[C@H](C(=O)NCC1CNNN1)C3. The average molecular weight is 601 g/mol. The van der Waals surface area contributed by atoms with Gasteiger partial charge < -0.3 is 20.9 Å². The van der Waals surface area contributed by atoms with Gasteiger partial charge in [-0.3, -0.25) is 24.1 Å². The number of benzene rings is 2. The van der Waals surface area contributed by atoms with E-state index in [1.807, 2.05) is 62.4 Å². The van der Waals surface area contributed by atoms with E-state index in [1.165, 1.54) is 0 Å². The summed E-state index contributed by atoms with van der Waals surface area (Å²) in [4.78, 5) is 59.2. The van der Waals surface area contributed by atoms with Gasteiger partial charge in [-0.1, -0.05) is 56.7 Å². The van der Waals surface area contributed by atoms with Gasteiger partial charge in [-0.2, -0.15) is 5.53 Å². The Balaban J connectivity index is 1.16. The van der Waals surface area contributed by atoms with Crippen LogP contribution in [0.25, 0.3) is 10.9 Å². The van der Waals surface area contributed by atoms with Gasteiger partial charge in [-0.15, -0.1) is 0 Å². The molecule has 0 aliphatic carbocycles. The summed E-state index contributed by atoms with van der Waals surface area (Å²) in [5.74, 6) is -1.38. The van der Waals surface area contributed by atoms with E-state index >= 15 is 0 Å². The van der Waals surface area contributed by atoms with Crippen LogP contribution >= 0.6 is 0 Å². The van der Waals surface area contributed by atoms with E-state index < -0.39 is 24.0 Å². The van der Waals surface area contributed by atoms with Crippen LogP contribution in [0.2, 0.25) is 0 Å². The first-order valence-electron chi connectivity index (χ1n) is 15.4. The fraction of sp³-hybridized carbons (Fsp3) is 0.438. The van der Waals surface area contributed by atoms with Gasteiger partial charge >= 0.3 is 0 Å². The Morgan fingerprint density at radius 1 is 1.09 bits per heavy atom. The minimum atomic E-state index is -0.835. The predicted octanol–water partition coefficient (Wildman–Crippen LogP) is 0.727. The molecular weight excluding hydrogens is 560 g/mol. The number of hydrazine groups is 2. The van der Waals surface area contributed by atoms with Gasteiger partial charge in [0.1, 0.15) is 18.1 Å². The van der Waals surface area contributed by atoms with E-state index in [9.17, 15) is 19.2 Å². The molecule has 2 aromatic carbocycles. The maximum absolute atomic E-state index is 14.1. The molecule has 3 aromatic rings. The molecular formula is C32H40N8O4. The molecule has 12 heteroatoms. The summed E-state index contributed by atoms with van der Waals surface area (Å²) in [7, 11) is 0. The van der Waals surface area contributed by atoms with Crippen molar-refractivity contribution in [3.05, 3.63) is 65.4 Å². The maximum Gasteiger partial charge on any atom is 0.250 e. The highest BCUT2D eigenvalue weighted by molar-refractivity contribution is 6.08. The van der Waals surface area contributed by atoms with Crippen LogP contribution in [0.1, 0.15) is 43.5 Å². The number of amides is 4. The Bertz CT molecular complexity index is 1530. The van der Waals surface area contributed by atoms with Crippen molar-refractivity contribution in [3.63, 3.8) is 0 Å². The van der Waals surface area contributed by atoms with Crippen molar-refractivity contribution >= 4 is 40.2 Å². The van der Waals surface area contributed by atoms with Crippen LogP contribution in [0.3, 0.4) is 0 Å². The minimum absolute atomic E-state index is 0.0221. The highest BCUT2D eigenvalue weighted by Gasteiger charge is 2.44. The van der Waals surface area contributed by atoms with Crippen molar-refractivity contribution in [1.82, 2.24) is 37.3 Å². The highest BCUT2D eigenvalue weighted by Crippen LogP contribution is 2.39. The number of aromatic amines is 1. The summed E-state index contributed by atoms with van der Waals surface area (Å²) in [6.45, 7) is 4.93. The molecule has 0 radical (unpaired) electrons. The standard InChI is InChI=1S/C32H40N8O4/c1-3-18(2)28(37-27(41)15-22-13-20-7-4-5-10-24(20)35-22)31(43)36-25-12-11-19-8-6-9-21-14-26(40(29(19)21)32(25)44)30(42)33-16-23-17-34-39-38-23/h4-10,13,18,23,25-26,28,34-35,38-39H,3,11-12,14-17H2,1-2H3,(H,33,42)(H,36,43)(H,37,41)/t18-,23?,25-,26-,28-/m0/s1. The molecule has 4 amide bonds. The molecule has 7 N–H and O–H groups in total. The first kappa shape index (κ1) is 29.8. The minimum Gasteiger partial charge on any atom is -0.358 e. The summed E-state index contributed by atoms with van der Waals surface area (Å²) < 4.78 is 0. The van der Waals surface area contributed by atoms with E-state index in [-0.39, 0.29) is 36.1 Å². The maximum atomic E-state index is 14.1. The van der Waals surface area contributed by atoms with Gasteiger partial charge in [0.15, 0.2) is 0 Å². The molecule has 0 spiro atoms. The summed E-state index contributed by atoms with van der Waals surface area (Å²) >= 11 is 0. The van der Waals surface area contributed by atoms with Crippen LogP contribution in [-0.2, 0) is 38.4 Å². The number of hydrogen-bond acceptors (Lipinski definition) is 7. The van der Waals surface area contributed by atoms with E-state index in [2.05, 4.69) is 37.3 Å². The molecule has 12 nitrogen and oxygen atoms in total. The highest BCUT2D eigenvalue weighted by atomic mass is 16.2. The molecule has 0 saturated carbocycles. The van der Waals surface area contributed by atoms with Gasteiger partial charge in [-0.05, 0) is 47.4 Å². The van der Waals surface area contributed by atoms with Crippen molar-refractivity contribution in [1.29, 1.82) is 0 Å². The number of carbonyl (C=O) groups is 4. The number of aryl methyl sites for hydroxylation is 1. The van der Waals surface area contributed by atoms with Gasteiger partial charge in [0.05, 0.1) is 18.2 Å². The zero-order valence-corrected chi connectivity index (χ0v) is 25.0. The molecule has 1 unspecified atom stereocenters. The van der Waals surface area contributed by atoms with Crippen LogP contribution in [0, 0.1) is 5.92 Å². The lowest BCUT2D eigenvalue weighted by molar-refractivity contribution is -0.133. The summed E-state index contributed by atoms with van der Waals surface area (Å²) in [5, 5.41) is 9.89. The second-order valence-corrected chi connectivity index (χ2v) is 12.0. The summed E-state index contributed by atoms with van der Waals surface area (Å²) in [6, 6.07) is 13.3. The van der Waals surface area contributed by atoms with Gasteiger partial charge in [-0.25, -0.2) is 10.9 Å². The van der Waals surface area contributed by atoms with E-state index in [0.717, 1.165) is 33.4 Å². The fourth-order valence-electron chi connectivity index (χ4n) is 6.41. The monoisotopic (exact) mass is 600 g/mol. The molecule has 6 rings (SSSR count). The molecule has 1 aromatic heterocycles. The number of para-hydroxylation sites is 2. The molecule has 0 bridgehead atoms. The molecule has 1 fully saturated rings.